The zero-order valence-corrected chi connectivity index (χ0v) is 18.5. The van der Waals surface area contributed by atoms with Crippen LogP contribution in [0, 0.1) is 5.82 Å². The summed E-state index contributed by atoms with van der Waals surface area (Å²) in [6.07, 6.45) is 4.87. The van der Waals surface area contributed by atoms with Crippen molar-refractivity contribution in [2.24, 2.45) is 0 Å². The fraction of sp³-hybridized carbons (Fsp3) is 0.182. The molecule has 1 aromatic carbocycles. The first-order valence-corrected chi connectivity index (χ1v) is 10.6. The molecule has 8 nitrogen and oxygen atoms in total. The number of hydrogen-bond donors (Lipinski definition) is 3. The average molecular weight is 453 g/mol. The highest BCUT2D eigenvalue weighted by atomic mass is 32.1. The molecule has 0 fully saturated rings. The summed E-state index contributed by atoms with van der Waals surface area (Å²) < 4.78 is 19.9. The van der Waals surface area contributed by atoms with Gasteiger partial charge in [0.15, 0.2) is 0 Å². The van der Waals surface area contributed by atoms with Crippen LogP contribution in [0.25, 0.3) is 11.3 Å². The third kappa shape index (κ3) is 5.09. The second-order valence-corrected chi connectivity index (χ2v) is 8.90. The molecule has 0 atom stereocenters. The third-order valence-electron chi connectivity index (χ3n) is 4.42. The minimum Gasteiger partial charge on any atom is -0.424 e. The van der Waals surface area contributed by atoms with E-state index in [1.807, 2.05) is 11.4 Å². The van der Waals surface area contributed by atoms with Gasteiger partial charge in [-0.25, -0.2) is 14.2 Å². The van der Waals surface area contributed by atoms with Crippen LogP contribution in [-0.4, -0.2) is 26.2 Å². The molecule has 2 amide bonds. The molecule has 4 aromatic rings. The Morgan fingerprint density at radius 2 is 2.03 bits per heavy atom. The van der Waals surface area contributed by atoms with Crippen LogP contribution in [0.5, 0.6) is 11.8 Å². The van der Waals surface area contributed by atoms with Crippen molar-refractivity contribution in [1.82, 2.24) is 20.2 Å². The Morgan fingerprint density at radius 3 is 2.75 bits per heavy atom. The molecule has 32 heavy (non-hydrogen) atoms. The van der Waals surface area contributed by atoms with Gasteiger partial charge in [-0.1, -0.05) is 20.8 Å². The Balaban J connectivity index is 1.45. The number of thiophene rings is 1. The summed E-state index contributed by atoms with van der Waals surface area (Å²) in [5.74, 6) is -0.321. The maximum absolute atomic E-state index is 14.3. The first-order valence-electron chi connectivity index (χ1n) is 9.74. The van der Waals surface area contributed by atoms with Gasteiger partial charge < -0.3 is 15.4 Å². The lowest BCUT2D eigenvalue weighted by molar-refractivity contribution is 0.262. The highest BCUT2D eigenvalue weighted by Gasteiger charge is 2.17. The van der Waals surface area contributed by atoms with Gasteiger partial charge in [-0.2, -0.15) is 10.1 Å². The van der Waals surface area contributed by atoms with Crippen molar-refractivity contribution in [2.75, 3.05) is 10.6 Å². The number of aromatic amines is 1. The molecule has 4 rings (SSSR count). The summed E-state index contributed by atoms with van der Waals surface area (Å²) >= 11 is 1.56. The summed E-state index contributed by atoms with van der Waals surface area (Å²) in [5, 5.41) is 13.7. The highest BCUT2D eigenvalue weighted by Crippen LogP contribution is 2.31. The molecule has 0 saturated heterocycles. The summed E-state index contributed by atoms with van der Waals surface area (Å²) in [5.41, 5.74) is 2.00. The van der Waals surface area contributed by atoms with Crippen LogP contribution in [0.15, 0.2) is 54.3 Å². The standard InChI is InChI=1S/C22H21FN6O2S/c1-22(2,3)19-8-14(12-32-19)27-20(30)28-18-9-15(4-5-16(18)23)31-21-24-7-6-17(29-21)13-10-25-26-11-13/h4-12H,1-3H3,(H,25,26)(H2,27,28,30). The van der Waals surface area contributed by atoms with Gasteiger partial charge in [0.2, 0.25) is 0 Å². The molecule has 0 unspecified atom stereocenters. The molecule has 0 saturated carbocycles. The van der Waals surface area contributed by atoms with E-state index in [2.05, 4.69) is 51.6 Å². The lowest BCUT2D eigenvalue weighted by atomic mass is 9.95. The van der Waals surface area contributed by atoms with Crippen LogP contribution in [-0.2, 0) is 5.41 Å². The van der Waals surface area contributed by atoms with Gasteiger partial charge in [0, 0.05) is 34.3 Å². The van der Waals surface area contributed by atoms with Gasteiger partial charge in [-0.15, -0.1) is 11.3 Å². The summed E-state index contributed by atoms with van der Waals surface area (Å²) in [7, 11) is 0. The molecule has 0 bridgehead atoms. The molecule has 0 aliphatic heterocycles. The first-order chi connectivity index (χ1) is 15.3. The van der Waals surface area contributed by atoms with Gasteiger partial charge in [0.25, 0.3) is 0 Å². The van der Waals surface area contributed by atoms with E-state index in [0.717, 1.165) is 10.4 Å². The Bertz CT molecular complexity index is 1230. The Labute approximate surface area is 187 Å². The van der Waals surface area contributed by atoms with Crippen molar-refractivity contribution in [3.8, 4) is 23.0 Å². The topological polar surface area (TPSA) is 105 Å². The number of aromatic nitrogens is 4. The summed E-state index contributed by atoms with van der Waals surface area (Å²) in [6.45, 7) is 6.29. The summed E-state index contributed by atoms with van der Waals surface area (Å²) in [4.78, 5) is 21.9. The number of carbonyl (C=O) groups excluding carboxylic acids is 1. The zero-order chi connectivity index (χ0) is 22.7. The number of H-pyrrole nitrogens is 1. The lowest BCUT2D eigenvalue weighted by Gasteiger charge is -2.15. The van der Waals surface area contributed by atoms with Crippen LogP contribution < -0.4 is 15.4 Å². The van der Waals surface area contributed by atoms with Gasteiger partial charge in [-0.3, -0.25) is 5.10 Å². The van der Waals surface area contributed by atoms with Crippen molar-refractivity contribution in [1.29, 1.82) is 0 Å². The van der Waals surface area contributed by atoms with Gasteiger partial charge in [-0.05, 0) is 29.7 Å². The monoisotopic (exact) mass is 452 g/mol. The molecule has 0 aliphatic carbocycles. The van der Waals surface area contributed by atoms with Gasteiger partial charge in [0.1, 0.15) is 11.6 Å². The smallest absolute Gasteiger partial charge is 0.323 e. The predicted octanol–water partition coefficient (Wildman–Crippen LogP) is 5.80. The normalized spacial score (nSPS) is 11.2. The zero-order valence-electron chi connectivity index (χ0n) is 17.6. The second kappa shape index (κ2) is 8.75. The quantitative estimate of drug-likeness (QED) is 0.355. The van der Waals surface area contributed by atoms with E-state index in [-0.39, 0.29) is 22.9 Å². The molecule has 0 spiro atoms. The molecule has 0 radical (unpaired) electrons. The number of amides is 2. The van der Waals surface area contributed by atoms with Crippen molar-refractivity contribution in [3.05, 3.63) is 65.0 Å². The number of ether oxygens (including phenoxy) is 1. The number of rotatable bonds is 5. The number of nitrogens with zero attached hydrogens (tertiary/aromatic N) is 3. The molecule has 10 heteroatoms. The lowest BCUT2D eigenvalue weighted by Crippen LogP contribution is -2.20. The third-order valence-corrected chi connectivity index (χ3v) is 5.78. The van der Waals surface area contributed by atoms with Gasteiger partial charge >= 0.3 is 12.0 Å². The van der Waals surface area contributed by atoms with Crippen LogP contribution in [0.4, 0.5) is 20.6 Å². The number of urea groups is 1. The largest absolute Gasteiger partial charge is 0.424 e. The fourth-order valence-electron chi connectivity index (χ4n) is 2.79. The van der Waals surface area contributed by atoms with E-state index in [1.54, 1.807) is 36.0 Å². The average Bonchev–Trinajstić information content (AvgIpc) is 3.43. The molecule has 3 heterocycles. The second-order valence-electron chi connectivity index (χ2n) is 7.98. The first kappa shape index (κ1) is 21.4. The fourth-order valence-corrected chi connectivity index (χ4v) is 3.72. The van der Waals surface area contributed by atoms with E-state index < -0.39 is 11.8 Å². The highest BCUT2D eigenvalue weighted by molar-refractivity contribution is 7.10. The molecule has 0 aliphatic rings. The van der Waals surface area contributed by atoms with Crippen molar-refractivity contribution >= 4 is 28.7 Å². The molecule has 164 valence electrons. The van der Waals surface area contributed by atoms with E-state index in [0.29, 0.717) is 11.4 Å². The van der Waals surface area contributed by atoms with Crippen LogP contribution in [0.2, 0.25) is 0 Å². The van der Waals surface area contributed by atoms with Crippen LogP contribution in [0.3, 0.4) is 0 Å². The van der Waals surface area contributed by atoms with Crippen molar-refractivity contribution in [2.45, 2.75) is 26.2 Å². The minimum absolute atomic E-state index is 0.0180. The molecule has 3 aromatic heterocycles. The number of benzene rings is 1. The van der Waals surface area contributed by atoms with E-state index in [9.17, 15) is 9.18 Å². The molecular weight excluding hydrogens is 431 g/mol. The van der Waals surface area contributed by atoms with Crippen molar-refractivity contribution < 1.29 is 13.9 Å². The maximum atomic E-state index is 14.3. The number of nitrogens with one attached hydrogen (secondary N) is 3. The van der Waals surface area contributed by atoms with Crippen molar-refractivity contribution in [3.63, 3.8) is 0 Å². The van der Waals surface area contributed by atoms with E-state index in [1.165, 1.54) is 18.2 Å². The minimum atomic E-state index is -0.596. The Morgan fingerprint density at radius 1 is 1.19 bits per heavy atom. The SMILES string of the molecule is CC(C)(C)c1cc(NC(=O)Nc2cc(Oc3nccc(-c4cn[nH]c4)n3)ccc2F)cs1. The van der Waals surface area contributed by atoms with Gasteiger partial charge in [0.05, 0.1) is 23.3 Å². The predicted molar refractivity (Wildman–Crippen MR) is 122 cm³/mol. The van der Waals surface area contributed by atoms with E-state index >= 15 is 0 Å². The Kier molecular flexibility index (Phi) is 5.87. The number of hydrogen-bond acceptors (Lipinski definition) is 6. The summed E-state index contributed by atoms with van der Waals surface area (Å²) in [6, 6.07) is 7.15. The maximum Gasteiger partial charge on any atom is 0.323 e. The number of anilines is 2. The molecule has 3 N–H and O–H groups in total. The number of carbonyl (C=O) groups is 1. The van der Waals surface area contributed by atoms with Crippen LogP contribution >= 0.6 is 11.3 Å². The van der Waals surface area contributed by atoms with Crippen LogP contribution in [0.1, 0.15) is 25.6 Å². The van der Waals surface area contributed by atoms with E-state index in [4.69, 9.17) is 4.74 Å². The number of halogens is 1. The Hall–Kier alpha value is -3.79. The molecular formula is C22H21FN6O2S.